The van der Waals surface area contributed by atoms with Crippen molar-refractivity contribution in [2.24, 2.45) is 0 Å². The number of anilines is 2. The van der Waals surface area contributed by atoms with Crippen LogP contribution in [0.4, 0.5) is 11.4 Å². The molecule has 0 N–H and O–H groups in total. The van der Waals surface area contributed by atoms with Crippen LogP contribution in [0.5, 0.6) is 5.75 Å². The van der Waals surface area contributed by atoms with Crippen LogP contribution in [0.15, 0.2) is 42.5 Å². The molecule has 0 aliphatic heterocycles. The largest absolute Gasteiger partial charge is 0.497 e. The monoisotopic (exact) mass is 286 g/mol. The topological polar surface area (TPSA) is 36.3 Å². The van der Waals surface area contributed by atoms with Gasteiger partial charge >= 0.3 is 0 Å². The van der Waals surface area contributed by atoms with Crippen molar-refractivity contribution in [3.8, 4) is 11.8 Å². The molecule has 0 fully saturated rings. The SMILES string of the molecule is COc1ccc(N(C)c2ccc(CCl)cc2C#N)cc1. The number of halogens is 1. The van der Waals surface area contributed by atoms with Crippen molar-refractivity contribution in [3.05, 3.63) is 53.6 Å². The van der Waals surface area contributed by atoms with Crippen LogP contribution in [0.1, 0.15) is 11.1 Å². The molecule has 0 spiro atoms. The van der Waals surface area contributed by atoms with Crippen LogP contribution in [-0.2, 0) is 5.88 Å². The van der Waals surface area contributed by atoms with Gasteiger partial charge in [0, 0.05) is 18.6 Å². The molecular formula is C16H15ClN2O. The lowest BCUT2D eigenvalue weighted by Crippen LogP contribution is -2.11. The lowest BCUT2D eigenvalue weighted by molar-refractivity contribution is 0.415. The van der Waals surface area contributed by atoms with E-state index < -0.39 is 0 Å². The van der Waals surface area contributed by atoms with Gasteiger partial charge in [0.15, 0.2) is 0 Å². The van der Waals surface area contributed by atoms with E-state index in [-0.39, 0.29) is 0 Å². The molecule has 0 saturated heterocycles. The minimum absolute atomic E-state index is 0.404. The molecule has 0 aromatic heterocycles. The average Bonchev–Trinajstić information content (AvgIpc) is 2.53. The molecular weight excluding hydrogens is 272 g/mol. The van der Waals surface area contributed by atoms with Gasteiger partial charge in [-0.1, -0.05) is 6.07 Å². The van der Waals surface area contributed by atoms with Crippen molar-refractivity contribution in [1.82, 2.24) is 0 Å². The Morgan fingerprint density at radius 1 is 1.20 bits per heavy atom. The first-order valence-corrected chi connectivity index (χ1v) is 6.70. The first-order chi connectivity index (χ1) is 9.69. The summed E-state index contributed by atoms with van der Waals surface area (Å²) in [6.07, 6.45) is 0. The maximum Gasteiger partial charge on any atom is 0.119 e. The van der Waals surface area contributed by atoms with Gasteiger partial charge < -0.3 is 9.64 Å². The third kappa shape index (κ3) is 2.87. The molecule has 0 amide bonds. The average molecular weight is 287 g/mol. The minimum atomic E-state index is 0.404. The van der Waals surface area contributed by atoms with E-state index in [1.807, 2.05) is 54.4 Å². The number of rotatable bonds is 4. The zero-order valence-corrected chi connectivity index (χ0v) is 12.2. The molecule has 0 heterocycles. The second kappa shape index (κ2) is 6.31. The molecule has 20 heavy (non-hydrogen) atoms. The molecule has 102 valence electrons. The summed E-state index contributed by atoms with van der Waals surface area (Å²) in [7, 11) is 3.57. The third-order valence-electron chi connectivity index (χ3n) is 3.16. The van der Waals surface area contributed by atoms with Crippen molar-refractivity contribution in [2.75, 3.05) is 19.1 Å². The summed E-state index contributed by atoms with van der Waals surface area (Å²) in [5, 5.41) is 9.28. The zero-order chi connectivity index (χ0) is 14.5. The Morgan fingerprint density at radius 2 is 1.90 bits per heavy atom. The Morgan fingerprint density at radius 3 is 2.45 bits per heavy atom. The zero-order valence-electron chi connectivity index (χ0n) is 11.4. The second-order valence-electron chi connectivity index (χ2n) is 4.35. The fourth-order valence-corrected chi connectivity index (χ4v) is 2.16. The van der Waals surface area contributed by atoms with Crippen molar-refractivity contribution in [2.45, 2.75) is 5.88 Å². The summed E-state index contributed by atoms with van der Waals surface area (Å²) in [6, 6.07) is 15.6. The summed E-state index contributed by atoms with van der Waals surface area (Å²) in [5.41, 5.74) is 3.39. The summed E-state index contributed by atoms with van der Waals surface area (Å²) in [6.45, 7) is 0. The fourth-order valence-electron chi connectivity index (χ4n) is 1.99. The van der Waals surface area contributed by atoms with Crippen molar-refractivity contribution in [3.63, 3.8) is 0 Å². The molecule has 4 heteroatoms. The number of nitrogens with zero attached hydrogens (tertiary/aromatic N) is 2. The maximum absolute atomic E-state index is 9.28. The standard InChI is InChI=1S/C16H15ClN2O/c1-19(14-4-6-15(20-2)7-5-14)16-8-3-12(10-17)9-13(16)11-18/h3-9H,10H2,1-2H3. The van der Waals surface area contributed by atoms with Gasteiger partial charge in [0.25, 0.3) is 0 Å². The first kappa shape index (κ1) is 14.2. The molecule has 0 saturated carbocycles. The lowest BCUT2D eigenvalue weighted by Gasteiger charge is -2.21. The van der Waals surface area contributed by atoms with Gasteiger partial charge in [0.2, 0.25) is 0 Å². The molecule has 2 aromatic rings. The molecule has 0 unspecified atom stereocenters. The molecule has 0 aliphatic carbocycles. The smallest absolute Gasteiger partial charge is 0.119 e. The van der Waals surface area contributed by atoms with E-state index in [0.717, 1.165) is 22.7 Å². The van der Waals surface area contributed by atoms with Crippen LogP contribution in [0.3, 0.4) is 0 Å². The van der Waals surface area contributed by atoms with Gasteiger partial charge in [-0.05, 0) is 42.0 Å². The molecule has 0 radical (unpaired) electrons. The predicted molar refractivity (Wildman–Crippen MR) is 81.8 cm³/mol. The van der Waals surface area contributed by atoms with Crippen molar-refractivity contribution >= 4 is 23.0 Å². The third-order valence-corrected chi connectivity index (χ3v) is 3.47. The molecule has 0 atom stereocenters. The van der Waals surface area contributed by atoms with E-state index in [2.05, 4.69) is 6.07 Å². The van der Waals surface area contributed by atoms with E-state index in [1.54, 1.807) is 7.11 Å². The number of ether oxygens (including phenoxy) is 1. The van der Waals surface area contributed by atoms with E-state index in [4.69, 9.17) is 16.3 Å². The van der Waals surface area contributed by atoms with Crippen molar-refractivity contribution < 1.29 is 4.74 Å². The van der Waals surface area contributed by atoms with Gasteiger partial charge in [-0.2, -0.15) is 5.26 Å². The first-order valence-electron chi connectivity index (χ1n) is 6.16. The van der Waals surface area contributed by atoms with Crippen LogP contribution in [0, 0.1) is 11.3 Å². The normalized spacial score (nSPS) is 9.90. The summed E-state index contributed by atoms with van der Waals surface area (Å²) < 4.78 is 5.14. The quantitative estimate of drug-likeness (QED) is 0.795. The van der Waals surface area contributed by atoms with Crippen LogP contribution < -0.4 is 9.64 Å². The Bertz CT molecular complexity index is 632. The van der Waals surface area contributed by atoms with Crippen LogP contribution in [0.25, 0.3) is 0 Å². The number of methoxy groups -OCH3 is 1. The number of benzene rings is 2. The van der Waals surface area contributed by atoms with Crippen LogP contribution >= 0.6 is 11.6 Å². The predicted octanol–water partition coefficient (Wildman–Crippen LogP) is 4.07. The summed E-state index contributed by atoms with van der Waals surface area (Å²) >= 11 is 5.80. The highest BCUT2D eigenvalue weighted by atomic mass is 35.5. The highest BCUT2D eigenvalue weighted by Crippen LogP contribution is 2.29. The lowest BCUT2D eigenvalue weighted by atomic mass is 10.1. The Kier molecular flexibility index (Phi) is 4.49. The Balaban J connectivity index is 2.37. The number of nitriles is 1. The Hall–Kier alpha value is -2.18. The van der Waals surface area contributed by atoms with E-state index in [1.165, 1.54) is 0 Å². The highest BCUT2D eigenvalue weighted by Gasteiger charge is 2.10. The van der Waals surface area contributed by atoms with Crippen LogP contribution in [-0.4, -0.2) is 14.2 Å². The summed E-state index contributed by atoms with van der Waals surface area (Å²) in [4.78, 5) is 1.97. The van der Waals surface area contributed by atoms with E-state index in [0.29, 0.717) is 11.4 Å². The number of alkyl halides is 1. The van der Waals surface area contributed by atoms with Crippen molar-refractivity contribution in [1.29, 1.82) is 5.26 Å². The summed E-state index contributed by atoms with van der Waals surface area (Å²) in [5.74, 6) is 1.21. The fraction of sp³-hybridized carbons (Fsp3) is 0.188. The van der Waals surface area contributed by atoms with E-state index >= 15 is 0 Å². The van der Waals surface area contributed by atoms with Gasteiger partial charge in [-0.25, -0.2) is 0 Å². The minimum Gasteiger partial charge on any atom is -0.497 e. The van der Waals surface area contributed by atoms with Crippen LogP contribution in [0.2, 0.25) is 0 Å². The molecule has 2 rings (SSSR count). The Labute approximate surface area is 124 Å². The van der Waals surface area contributed by atoms with Gasteiger partial charge in [0.05, 0.1) is 18.4 Å². The van der Waals surface area contributed by atoms with E-state index in [9.17, 15) is 5.26 Å². The van der Waals surface area contributed by atoms with Gasteiger partial charge in [-0.3, -0.25) is 0 Å². The highest BCUT2D eigenvalue weighted by molar-refractivity contribution is 6.17. The molecule has 0 aliphatic rings. The van der Waals surface area contributed by atoms with Gasteiger partial charge in [0.1, 0.15) is 11.8 Å². The molecule has 0 bridgehead atoms. The molecule has 2 aromatic carbocycles. The number of hydrogen-bond acceptors (Lipinski definition) is 3. The molecule has 3 nitrogen and oxygen atoms in total. The second-order valence-corrected chi connectivity index (χ2v) is 4.62. The van der Waals surface area contributed by atoms with Gasteiger partial charge in [-0.15, -0.1) is 11.6 Å². The maximum atomic E-state index is 9.28. The number of hydrogen-bond donors (Lipinski definition) is 0.